The molecule has 0 amide bonds. The van der Waals surface area contributed by atoms with Crippen molar-refractivity contribution in [3.05, 3.63) is 0 Å². The number of carbonyl (C=O) groups is 1. The molecule has 0 unspecified atom stereocenters. The van der Waals surface area contributed by atoms with E-state index in [1.807, 2.05) is 6.92 Å². The molecule has 10 heavy (non-hydrogen) atoms. The van der Waals surface area contributed by atoms with Gasteiger partial charge in [0.2, 0.25) is 0 Å². The summed E-state index contributed by atoms with van der Waals surface area (Å²) in [5, 5.41) is 0. The maximum Gasteiger partial charge on any atom is 0.311 e. The van der Waals surface area contributed by atoms with E-state index < -0.39 is 0 Å². The Labute approximate surface area is 60.3 Å². The number of hydrogen-bond donors (Lipinski definition) is 0. The van der Waals surface area contributed by atoms with Crippen LogP contribution in [-0.2, 0) is 14.3 Å². The zero-order valence-corrected chi connectivity index (χ0v) is 6.46. The van der Waals surface area contributed by atoms with Crippen molar-refractivity contribution in [1.29, 1.82) is 0 Å². The third-order valence-electron chi connectivity index (χ3n) is 2.04. The predicted molar refractivity (Wildman–Crippen MR) is 35.5 cm³/mol. The van der Waals surface area contributed by atoms with Crippen LogP contribution in [0.15, 0.2) is 0 Å². The van der Waals surface area contributed by atoms with Crippen molar-refractivity contribution in [2.75, 3.05) is 14.2 Å². The standard InChI is InChI=1S/C7H12O3/c1-4-5(6(4)9-2)7(8)10-3/h4-6H,1-3H3/t4-,5-,6-/m0/s1. The second-order valence-corrected chi connectivity index (χ2v) is 2.61. The summed E-state index contributed by atoms with van der Waals surface area (Å²) in [5.41, 5.74) is 0. The van der Waals surface area contributed by atoms with Crippen LogP contribution in [0.4, 0.5) is 0 Å². The summed E-state index contributed by atoms with van der Waals surface area (Å²) in [7, 11) is 3.02. The van der Waals surface area contributed by atoms with Gasteiger partial charge in [-0.2, -0.15) is 0 Å². The highest BCUT2D eigenvalue weighted by atomic mass is 16.5. The molecule has 3 heteroatoms. The molecule has 1 rings (SSSR count). The minimum atomic E-state index is -0.153. The first kappa shape index (κ1) is 7.54. The Hall–Kier alpha value is -0.570. The second-order valence-electron chi connectivity index (χ2n) is 2.61. The van der Waals surface area contributed by atoms with Gasteiger partial charge in [-0.05, 0) is 5.92 Å². The van der Waals surface area contributed by atoms with Gasteiger partial charge in [-0.15, -0.1) is 0 Å². The van der Waals surface area contributed by atoms with E-state index in [1.165, 1.54) is 7.11 Å². The Kier molecular flexibility index (Phi) is 1.94. The van der Waals surface area contributed by atoms with Gasteiger partial charge in [-0.1, -0.05) is 6.92 Å². The molecule has 1 aliphatic carbocycles. The van der Waals surface area contributed by atoms with Crippen LogP contribution in [0.3, 0.4) is 0 Å². The molecule has 0 aromatic heterocycles. The lowest BCUT2D eigenvalue weighted by Crippen LogP contribution is -2.07. The van der Waals surface area contributed by atoms with Crippen LogP contribution < -0.4 is 0 Å². The summed E-state index contributed by atoms with van der Waals surface area (Å²) in [6, 6.07) is 0. The molecule has 0 radical (unpaired) electrons. The predicted octanol–water partition coefficient (Wildman–Crippen LogP) is 0.440. The molecule has 0 bridgehead atoms. The Bertz CT molecular complexity index is 144. The zero-order valence-electron chi connectivity index (χ0n) is 6.46. The second kappa shape index (κ2) is 2.58. The molecule has 0 spiro atoms. The molecular weight excluding hydrogens is 132 g/mol. The lowest BCUT2D eigenvalue weighted by Gasteiger charge is -1.94. The van der Waals surface area contributed by atoms with Crippen molar-refractivity contribution in [1.82, 2.24) is 0 Å². The number of esters is 1. The van der Waals surface area contributed by atoms with E-state index in [9.17, 15) is 4.79 Å². The van der Waals surface area contributed by atoms with E-state index in [2.05, 4.69) is 4.74 Å². The number of ether oxygens (including phenoxy) is 2. The van der Waals surface area contributed by atoms with Gasteiger partial charge in [-0.25, -0.2) is 0 Å². The van der Waals surface area contributed by atoms with Crippen LogP contribution in [0.25, 0.3) is 0 Å². The SMILES string of the molecule is COC(=O)[C@H]1[C@H](C)[C@@H]1OC. The molecule has 0 saturated heterocycles. The largest absolute Gasteiger partial charge is 0.469 e. The van der Waals surface area contributed by atoms with Gasteiger partial charge in [0.05, 0.1) is 19.1 Å². The molecule has 1 saturated carbocycles. The highest BCUT2D eigenvalue weighted by Gasteiger charge is 2.53. The first-order chi connectivity index (χ1) is 4.72. The van der Waals surface area contributed by atoms with Gasteiger partial charge in [0.25, 0.3) is 0 Å². The summed E-state index contributed by atoms with van der Waals surface area (Å²) in [6.45, 7) is 1.98. The first-order valence-electron chi connectivity index (χ1n) is 3.33. The molecule has 0 aromatic rings. The summed E-state index contributed by atoms with van der Waals surface area (Å²) in [5.74, 6) is 0.159. The average molecular weight is 144 g/mol. The quantitative estimate of drug-likeness (QED) is 0.527. The fourth-order valence-electron chi connectivity index (χ4n) is 1.27. The van der Waals surface area contributed by atoms with E-state index in [-0.39, 0.29) is 18.0 Å². The van der Waals surface area contributed by atoms with Crippen LogP contribution in [0, 0.1) is 11.8 Å². The maximum atomic E-state index is 10.9. The van der Waals surface area contributed by atoms with E-state index in [0.29, 0.717) is 5.92 Å². The zero-order chi connectivity index (χ0) is 7.72. The molecule has 3 atom stereocenters. The molecule has 0 heterocycles. The Balaban J connectivity index is 2.40. The molecule has 0 aromatic carbocycles. The van der Waals surface area contributed by atoms with Crippen molar-refractivity contribution in [3.8, 4) is 0 Å². The van der Waals surface area contributed by atoms with Crippen LogP contribution in [0.1, 0.15) is 6.92 Å². The number of methoxy groups -OCH3 is 2. The smallest absolute Gasteiger partial charge is 0.311 e. The van der Waals surface area contributed by atoms with Crippen molar-refractivity contribution >= 4 is 5.97 Å². The van der Waals surface area contributed by atoms with Crippen LogP contribution in [0.2, 0.25) is 0 Å². The molecule has 58 valence electrons. The molecule has 0 aliphatic heterocycles. The highest BCUT2D eigenvalue weighted by molar-refractivity contribution is 5.76. The maximum absolute atomic E-state index is 10.9. The van der Waals surface area contributed by atoms with Crippen molar-refractivity contribution < 1.29 is 14.3 Å². The van der Waals surface area contributed by atoms with E-state index in [1.54, 1.807) is 7.11 Å². The van der Waals surface area contributed by atoms with Gasteiger partial charge in [0.1, 0.15) is 0 Å². The van der Waals surface area contributed by atoms with Gasteiger partial charge in [-0.3, -0.25) is 4.79 Å². The van der Waals surface area contributed by atoms with Gasteiger partial charge in [0, 0.05) is 7.11 Å². The van der Waals surface area contributed by atoms with Crippen LogP contribution in [-0.4, -0.2) is 26.3 Å². The van der Waals surface area contributed by atoms with Gasteiger partial charge in [0.15, 0.2) is 0 Å². The Morgan fingerprint density at radius 3 is 2.30 bits per heavy atom. The molecule has 1 aliphatic rings. The Morgan fingerprint density at radius 1 is 1.40 bits per heavy atom. The summed E-state index contributed by atoms with van der Waals surface area (Å²) < 4.78 is 9.57. The first-order valence-corrected chi connectivity index (χ1v) is 3.33. The fourth-order valence-corrected chi connectivity index (χ4v) is 1.27. The third kappa shape index (κ3) is 1.01. The highest BCUT2D eigenvalue weighted by Crippen LogP contribution is 2.41. The topological polar surface area (TPSA) is 35.5 Å². The van der Waals surface area contributed by atoms with E-state index in [0.717, 1.165) is 0 Å². The molecule has 1 fully saturated rings. The average Bonchev–Trinajstić information content (AvgIpc) is 2.59. The number of carbonyl (C=O) groups excluding carboxylic acids is 1. The summed E-state index contributed by atoms with van der Waals surface area (Å²) in [6.07, 6.45) is 0.0902. The van der Waals surface area contributed by atoms with Gasteiger partial charge < -0.3 is 9.47 Å². The van der Waals surface area contributed by atoms with E-state index in [4.69, 9.17) is 4.74 Å². The van der Waals surface area contributed by atoms with E-state index >= 15 is 0 Å². The van der Waals surface area contributed by atoms with Crippen LogP contribution >= 0.6 is 0 Å². The molecular formula is C7H12O3. The van der Waals surface area contributed by atoms with Crippen LogP contribution in [0.5, 0.6) is 0 Å². The Morgan fingerprint density at radius 2 is 2.00 bits per heavy atom. The van der Waals surface area contributed by atoms with Crippen molar-refractivity contribution in [2.45, 2.75) is 13.0 Å². The minimum Gasteiger partial charge on any atom is -0.469 e. The summed E-state index contributed by atoms with van der Waals surface area (Å²) in [4.78, 5) is 10.9. The lowest BCUT2D eigenvalue weighted by molar-refractivity contribution is -0.143. The molecule has 0 N–H and O–H groups in total. The van der Waals surface area contributed by atoms with Gasteiger partial charge >= 0.3 is 5.97 Å². The summed E-state index contributed by atoms with van der Waals surface area (Å²) >= 11 is 0. The number of hydrogen-bond acceptors (Lipinski definition) is 3. The minimum absolute atomic E-state index is 0.0185. The molecule has 3 nitrogen and oxygen atoms in total. The normalized spacial score (nSPS) is 37.3. The number of rotatable bonds is 2. The lowest BCUT2D eigenvalue weighted by atomic mass is 10.3. The fraction of sp³-hybridized carbons (Fsp3) is 0.857. The van der Waals surface area contributed by atoms with Crippen molar-refractivity contribution in [3.63, 3.8) is 0 Å². The van der Waals surface area contributed by atoms with Crippen molar-refractivity contribution in [2.24, 2.45) is 11.8 Å². The monoisotopic (exact) mass is 144 g/mol. The third-order valence-corrected chi connectivity index (χ3v) is 2.04.